The number of carboxylic acids is 3. The second-order valence-electron chi connectivity index (χ2n) is 5.89. The molecule has 0 aliphatic carbocycles. The van der Waals surface area contributed by atoms with Crippen molar-refractivity contribution in [3.05, 3.63) is 0 Å². The largest absolute Gasteiger partial charge is 0.481 e. The molecule has 28 heavy (non-hydrogen) atoms. The first-order chi connectivity index (χ1) is 12.9. The molecular weight excluding hydrogens is 380 g/mol. The average Bonchev–Trinajstić information content (AvgIpc) is 2.58. The fraction of sp³-hybridized carbons (Fsp3) is 0.600. The van der Waals surface area contributed by atoms with E-state index in [0.717, 1.165) is 0 Å². The van der Waals surface area contributed by atoms with Crippen LogP contribution in [0, 0.1) is 0 Å². The van der Waals surface area contributed by atoms with E-state index in [1.165, 1.54) is 6.92 Å². The Morgan fingerprint density at radius 3 is 1.75 bits per heavy atom. The molecule has 3 unspecified atom stereocenters. The first-order valence-corrected chi connectivity index (χ1v) is 8.23. The Balaban J connectivity index is 4.76. The third-order valence-corrected chi connectivity index (χ3v) is 3.40. The molecule has 0 aromatic heterocycles. The molecule has 0 spiro atoms. The summed E-state index contributed by atoms with van der Waals surface area (Å²) in [5, 5.41) is 32.7. The van der Waals surface area contributed by atoms with Crippen LogP contribution < -0.4 is 21.7 Å². The van der Waals surface area contributed by atoms with E-state index in [1.807, 2.05) is 0 Å². The number of carbonyl (C=O) groups excluding carboxylic acids is 3. The SMILES string of the molecule is CC(N)C(=O)NC(CCC(=O)O)C(=O)NCC(=O)NC(CCC(=O)O)C(=O)O. The molecule has 3 amide bonds. The number of aliphatic carboxylic acids is 3. The topological polar surface area (TPSA) is 225 Å². The lowest BCUT2D eigenvalue weighted by molar-refractivity contribution is -0.143. The molecule has 0 aliphatic rings. The van der Waals surface area contributed by atoms with Crippen LogP contribution >= 0.6 is 0 Å². The van der Waals surface area contributed by atoms with Crippen LogP contribution in [0.2, 0.25) is 0 Å². The molecule has 0 radical (unpaired) electrons. The van der Waals surface area contributed by atoms with E-state index in [9.17, 15) is 28.8 Å². The summed E-state index contributed by atoms with van der Waals surface area (Å²) in [5.74, 6) is -6.34. The van der Waals surface area contributed by atoms with Gasteiger partial charge < -0.3 is 37.0 Å². The third-order valence-electron chi connectivity index (χ3n) is 3.40. The summed E-state index contributed by atoms with van der Waals surface area (Å²) in [4.78, 5) is 67.7. The monoisotopic (exact) mass is 404 g/mol. The normalized spacial score (nSPS) is 13.5. The Hall–Kier alpha value is -3.22. The van der Waals surface area contributed by atoms with Crippen molar-refractivity contribution < 1.29 is 44.1 Å². The molecular formula is C15H24N4O9. The second kappa shape index (κ2) is 12.2. The highest BCUT2D eigenvalue weighted by Crippen LogP contribution is 2.00. The Labute approximate surface area is 159 Å². The molecule has 0 bridgehead atoms. The molecule has 13 heteroatoms. The van der Waals surface area contributed by atoms with Gasteiger partial charge in [0.15, 0.2) is 0 Å². The molecule has 0 aromatic rings. The van der Waals surface area contributed by atoms with Gasteiger partial charge in [0.25, 0.3) is 0 Å². The summed E-state index contributed by atoms with van der Waals surface area (Å²) in [7, 11) is 0. The van der Waals surface area contributed by atoms with Crippen molar-refractivity contribution in [2.75, 3.05) is 6.54 Å². The van der Waals surface area contributed by atoms with Gasteiger partial charge in [0.2, 0.25) is 17.7 Å². The lowest BCUT2D eigenvalue weighted by Crippen LogP contribution is -2.53. The fourth-order valence-corrected chi connectivity index (χ4v) is 1.90. The van der Waals surface area contributed by atoms with Gasteiger partial charge in [-0.3, -0.25) is 24.0 Å². The number of rotatable bonds is 13. The molecule has 0 saturated carbocycles. The van der Waals surface area contributed by atoms with Crippen LogP contribution in [-0.2, 0) is 28.8 Å². The smallest absolute Gasteiger partial charge is 0.326 e. The van der Waals surface area contributed by atoms with Crippen LogP contribution in [-0.4, -0.2) is 75.6 Å². The molecule has 0 fully saturated rings. The van der Waals surface area contributed by atoms with Gasteiger partial charge in [-0.2, -0.15) is 0 Å². The lowest BCUT2D eigenvalue weighted by Gasteiger charge is -2.19. The maximum atomic E-state index is 12.1. The summed E-state index contributed by atoms with van der Waals surface area (Å²) in [6.07, 6.45) is -1.52. The summed E-state index contributed by atoms with van der Waals surface area (Å²) >= 11 is 0. The van der Waals surface area contributed by atoms with Gasteiger partial charge in [0.1, 0.15) is 12.1 Å². The number of hydrogen-bond donors (Lipinski definition) is 7. The van der Waals surface area contributed by atoms with Gasteiger partial charge >= 0.3 is 17.9 Å². The number of amides is 3. The predicted molar refractivity (Wildman–Crippen MR) is 91.9 cm³/mol. The van der Waals surface area contributed by atoms with Gasteiger partial charge in [-0.05, 0) is 19.8 Å². The van der Waals surface area contributed by atoms with Gasteiger partial charge in [0, 0.05) is 12.8 Å². The van der Waals surface area contributed by atoms with Crippen LogP contribution in [0.15, 0.2) is 0 Å². The van der Waals surface area contributed by atoms with Gasteiger partial charge in [0.05, 0.1) is 12.6 Å². The van der Waals surface area contributed by atoms with Crippen LogP contribution in [0.5, 0.6) is 0 Å². The zero-order valence-electron chi connectivity index (χ0n) is 15.1. The van der Waals surface area contributed by atoms with E-state index in [0.29, 0.717) is 0 Å². The summed E-state index contributed by atoms with van der Waals surface area (Å²) in [6, 6.07) is -3.67. The number of carbonyl (C=O) groups is 6. The number of nitrogens with one attached hydrogen (secondary N) is 3. The standard InChI is InChI=1S/C15H24N4O9/c1-7(16)13(25)19-8(2-4-11(21)22)14(26)17-6-10(20)18-9(15(27)28)3-5-12(23)24/h7-9H,2-6,16H2,1H3,(H,17,26)(H,18,20)(H,19,25)(H,21,22)(H,23,24)(H,27,28). The quantitative estimate of drug-likeness (QED) is 0.167. The Kier molecular flexibility index (Phi) is 10.8. The van der Waals surface area contributed by atoms with Crippen LogP contribution in [0.3, 0.4) is 0 Å². The van der Waals surface area contributed by atoms with Crippen molar-refractivity contribution in [3.63, 3.8) is 0 Å². The third kappa shape index (κ3) is 10.7. The molecule has 13 nitrogen and oxygen atoms in total. The molecule has 0 saturated heterocycles. The molecule has 0 heterocycles. The Bertz CT molecular complexity index is 621. The molecule has 0 rings (SSSR count). The minimum atomic E-state index is -1.46. The highest BCUT2D eigenvalue weighted by atomic mass is 16.4. The van der Waals surface area contributed by atoms with Crippen molar-refractivity contribution in [1.82, 2.24) is 16.0 Å². The van der Waals surface area contributed by atoms with Gasteiger partial charge in [-0.15, -0.1) is 0 Å². The number of nitrogens with two attached hydrogens (primary N) is 1. The second-order valence-corrected chi connectivity index (χ2v) is 5.89. The maximum Gasteiger partial charge on any atom is 0.326 e. The zero-order valence-corrected chi connectivity index (χ0v) is 15.1. The van der Waals surface area contributed by atoms with Crippen molar-refractivity contribution in [2.45, 2.75) is 50.7 Å². The van der Waals surface area contributed by atoms with Crippen molar-refractivity contribution in [1.29, 1.82) is 0 Å². The van der Waals surface area contributed by atoms with Crippen LogP contribution in [0.4, 0.5) is 0 Å². The Morgan fingerprint density at radius 1 is 0.821 bits per heavy atom. The molecule has 0 aliphatic heterocycles. The predicted octanol–water partition coefficient (Wildman–Crippen LogP) is -2.77. The summed E-state index contributed by atoms with van der Waals surface area (Å²) in [5.41, 5.74) is 5.37. The number of carboxylic acid groups (broad SMARTS) is 3. The van der Waals surface area contributed by atoms with Crippen molar-refractivity contribution >= 4 is 35.6 Å². The van der Waals surface area contributed by atoms with Gasteiger partial charge in [-0.1, -0.05) is 0 Å². The van der Waals surface area contributed by atoms with E-state index in [2.05, 4.69) is 16.0 Å². The molecule has 8 N–H and O–H groups in total. The summed E-state index contributed by atoms with van der Waals surface area (Å²) < 4.78 is 0. The van der Waals surface area contributed by atoms with Crippen LogP contribution in [0.1, 0.15) is 32.6 Å². The zero-order chi connectivity index (χ0) is 21.9. The molecule has 158 valence electrons. The Morgan fingerprint density at radius 2 is 1.32 bits per heavy atom. The highest BCUT2D eigenvalue weighted by Gasteiger charge is 2.25. The highest BCUT2D eigenvalue weighted by molar-refractivity contribution is 5.92. The first-order valence-electron chi connectivity index (χ1n) is 8.23. The number of hydrogen-bond acceptors (Lipinski definition) is 7. The lowest BCUT2D eigenvalue weighted by atomic mass is 10.1. The van der Waals surface area contributed by atoms with Crippen LogP contribution in [0.25, 0.3) is 0 Å². The van der Waals surface area contributed by atoms with Crippen molar-refractivity contribution in [3.8, 4) is 0 Å². The van der Waals surface area contributed by atoms with E-state index in [1.54, 1.807) is 0 Å². The minimum absolute atomic E-state index is 0.252. The first kappa shape index (κ1) is 24.8. The summed E-state index contributed by atoms with van der Waals surface area (Å²) in [6.45, 7) is 0.700. The average molecular weight is 404 g/mol. The van der Waals surface area contributed by atoms with Gasteiger partial charge in [-0.25, -0.2) is 4.79 Å². The van der Waals surface area contributed by atoms with Crippen molar-refractivity contribution in [2.24, 2.45) is 5.73 Å². The van der Waals surface area contributed by atoms with E-state index in [-0.39, 0.29) is 12.8 Å². The fourth-order valence-electron chi connectivity index (χ4n) is 1.90. The molecule has 0 aromatic carbocycles. The minimum Gasteiger partial charge on any atom is -0.481 e. The van der Waals surface area contributed by atoms with E-state index >= 15 is 0 Å². The molecule has 3 atom stereocenters. The maximum absolute atomic E-state index is 12.1. The van der Waals surface area contributed by atoms with E-state index < -0.39 is 73.1 Å². The van der Waals surface area contributed by atoms with E-state index in [4.69, 9.17) is 21.1 Å².